The number of carbonyl (C=O) groups is 1. The predicted octanol–water partition coefficient (Wildman–Crippen LogP) is 1.53. The second-order valence-corrected chi connectivity index (χ2v) is 5.68. The van der Waals surface area contributed by atoms with Crippen LogP contribution in [0.2, 0.25) is 0 Å². The molecule has 0 aliphatic carbocycles. The van der Waals surface area contributed by atoms with Gasteiger partial charge < -0.3 is 5.32 Å². The summed E-state index contributed by atoms with van der Waals surface area (Å²) in [6.07, 6.45) is 0. The molecule has 1 aliphatic heterocycles. The van der Waals surface area contributed by atoms with Crippen molar-refractivity contribution in [2.75, 3.05) is 44.6 Å². The highest BCUT2D eigenvalue weighted by Crippen LogP contribution is 2.14. The van der Waals surface area contributed by atoms with Crippen molar-refractivity contribution in [2.24, 2.45) is 0 Å². The normalized spacial score (nSPS) is 16.6. The summed E-state index contributed by atoms with van der Waals surface area (Å²) in [5, 5.41) is 11.5. The molecule has 1 amide bonds. The van der Waals surface area contributed by atoms with Crippen molar-refractivity contribution in [1.82, 2.24) is 9.80 Å². The van der Waals surface area contributed by atoms with Crippen LogP contribution in [0.1, 0.15) is 0 Å². The van der Waals surface area contributed by atoms with E-state index in [-0.39, 0.29) is 5.91 Å². The summed E-state index contributed by atoms with van der Waals surface area (Å²) in [4.78, 5) is 16.2. The summed E-state index contributed by atoms with van der Waals surface area (Å²) in [5.74, 6) is 0.000977. The Morgan fingerprint density at radius 1 is 1.20 bits per heavy atom. The lowest BCUT2D eigenvalue weighted by Crippen LogP contribution is -2.48. The van der Waals surface area contributed by atoms with E-state index in [1.807, 2.05) is 24.3 Å². The van der Waals surface area contributed by atoms with Crippen LogP contribution in [0.4, 0.5) is 5.69 Å². The fourth-order valence-electron chi connectivity index (χ4n) is 2.14. The average molecular weight is 337 g/mol. The van der Waals surface area contributed by atoms with Crippen molar-refractivity contribution in [1.29, 1.82) is 5.26 Å². The minimum absolute atomic E-state index is 0.000977. The number of carbonyl (C=O) groups excluding carboxylic acids is 1. The molecule has 1 N–H and O–H groups in total. The van der Waals surface area contributed by atoms with Gasteiger partial charge in [0.25, 0.3) is 0 Å². The molecule has 0 saturated carbocycles. The van der Waals surface area contributed by atoms with Crippen LogP contribution in [0, 0.1) is 11.3 Å². The zero-order valence-corrected chi connectivity index (χ0v) is 12.8. The van der Waals surface area contributed by atoms with Gasteiger partial charge >= 0.3 is 0 Å². The summed E-state index contributed by atoms with van der Waals surface area (Å²) >= 11 is 3.36. The molecule has 0 bridgehead atoms. The van der Waals surface area contributed by atoms with Gasteiger partial charge in [0.15, 0.2) is 0 Å². The van der Waals surface area contributed by atoms with Gasteiger partial charge in [-0.15, -0.1) is 0 Å². The molecule has 106 valence electrons. The Morgan fingerprint density at radius 2 is 1.80 bits per heavy atom. The van der Waals surface area contributed by atoms with E-state index in [0.29, 0.717) is 13.1 Å². The minimum Gasteiger partial charge on any atom is -0.325 e. The van der Waals surface area contributed by atoms with Crippen molar-refractivity contribution in [3.05, 3.63) is 28.7 Å². The Kier molecular flexibility index (Phi) is 5.53. The molecule has 0 atom stereocenters. The SMILES string of the molecule is N#CCN1CCN(CC(=O)Nc2ccc(Br)cc2)CC1. The van der Waals surface area contributed by atoms with E-state index in [2.05, 4.69) is 37.1 Å². The molecule has 0 spiro atoms. The van der Waals surface area contributed by atoms with Gasteiger partial charge in [0.2, 0.25) is 5.91 Å². The second kappa shape index (κ2) is 7.39. The number of piperazine rings is 1. The fourth-order valence-corrected chi connectivity index (χ4v) is 2.41. The number of anilines is 1. The topological polar surface area (TPSA) is 59.4 Å². The quantitative estimate of drug-likeness (QED) is 0.847. The second-order valence-electron chi connectivity index (χ2n) is 4.77. The molecular formula is C14H17BrN4O. The van der Waals surface area contributed by atoms with Gasteiger partial charge in [0.05, 0.1) is 19.2 Å². The predicted molar refractivity (Wildman–Crippen MR) is 81.3 cm³/mol. The van der Waals surface area contributed by atoms with E-state index in [4.69, 9.17) is 5.26 Å². The van der Waals surface area contributed by atoms with Crippen LogP contribution < -0.4 is 5.32 Å². The Labute approximate surface area is 127 Å². The Bertz CT molecular complexity index is 489. The maximum absolute atomic E-state index is 11.9. The molecule has 1 heterocycles. The number of benzene rings is 1. The smallest absolute Gasteiger partial charge is 0.238 e. The molecular weight excluding hydrogens is 320 g/mol. The number of hydrogen-bond donors (Lipinski definition) is 1. The number of amides is 1. The third kappa shape index (κ3) is 4.60. The maximum Gasteiger partial charge on any atom is 0.238 e. The van der Waals surface area contributed by atoms with Gasteiger partial charge in [-0.25, -0.2) is 0 Å². The summed E-state index contributed by atoms with van der Waals surface area (Å²) < 4.78 is 0.990. The van der Waals surface area contributed by atoms with Crippen LogP contribution in [-0.2, 0) is 4.79 Å². The molecule has 0 aromatic heterocycles. The van der Waals surface area contributed by atoms with E-state index in [1.54, 1.807) is 0 Å². The Morgan fingerprint density at radius 3 is 2.40 bits per heavy atom. The molecule has 6 heteroatoms. The average Bonchev–Trinajstić information content (AvgIpc) is 2.44. The van der Waals surface area contributed by atoms with Crippen molar-refractivity contribution < 1.29 is 4.79 Å². The van der Waals surface area contributed by atoms with Crippen LogP contribution >= 0.6 is 15.9 Å². The van der Waals surface area contributed by atoms with Gasteiger partial charge in [-0.2, -0.15) is 5.26 Å². The molecule has 0 radical (unpaired) electrons. The number of hydrogen-bond acceptors (Lipinski definition) is 4. The molecule has 1 fully saturated rings. The Balaban J connectivity index is 1.75. The third-order valence-electron chi connectivity index (χ3n) is 3.25. The lowest BCUT2D eigenvalue weighted by atomic mass is 10.3. The summed E-state index contributed by atoms with van der Waals surface area (Å²) in [6, 6.07) is 9.69. The van der Waals surface area contributed by atoms with E-state index in [9.17, 15) is 4.79 Å². The van der Waals surface area contributed by atoms with E-state index in [0.717, 1.165) is 36.3 Å². The minimum atomic E-state index is 0.000977. The number of nitrogens with one attached hydrogen (secondary N) is 1. The van der Waals surface area contributed by atoms with E-state index < -0.39 is 0 Å². The zero-order chi connectivity index (χ0) is 14.4. The van der Waals surface area contributed by atoms with Crippen molar-refractivity contribution >= 4 is 27.5 Å². The van der Waals surface area contributed by atoms with Crippen LogP contribution in [0.5, 0.6) is 0 Å². The van der Waals surface area contributed by atoms with Crippen LogP contribution in [0.25, 0.3) is 0 Å². The monoisotopic (exact) mass is 336 g/mol. The molecule has 20 heavy (non-hydrogen) atoms. The molecule has 5 nitrogen and oxygen atoms in total. The fraction of sp³-hybridized carbons (Fsp3) is 0.429. The number of rotatable bonds is 4. The number of halogens is 1. The standard InChI is InChI=1S/C14H17BrN4O/c15-12-1-3-13(4-2-12)17-14(20)11-19-9-7-18(6-5-16)8-10-19/h1-4H,6-11H2,(H,17,20). The van der Waals surface area contributed by atoms with Crippen molar-refractivity contribution in [3.63, 3.8) is 0 Å². The van der Waals surface area contributed by atoms with Gasteiger partial charge in [0.1, 0.15) is 0 Å². The molecule has 1 aromatic carbocycles. The first-order chi connectivity index (χ1) is 9.67. The Hall–Kier alpha value is -1.42. The number of nitriles is 1. The summed E-state index contributed by atoms with van der Waals surface area (Å²) in [6.45, 7) is 4.22. The third-order valence-corrected chi connectivity index (χ3v) is 3.78. The highest BCUT2D eigenvalue weighted by molar-refractivity contribution is 9.10. The first kappa shape index (κ1) is 15.0. The van der Waals surface area contributed by atoms with E-state index in [1.165, 1.54) is 0 Å². The lowest BCUT2D eigenvalue weighted by molar-refractivity contribution is -0.117. The van der Waals surface area contributed by atoms with Crippen LogP contribution in [-0.4, -0.2) is 55.0 Å². The van der Waals surface area contributed by atoms with E-state index >= 15 is 0 Å². The summed E-state index contributed by atoms with van der Waals surface area (Å²) in [7, 11) is 0. The van der Waals surface area contributed by atoms with Gasteiger partial charge in [-0.1, -0.05) is 15.9 Å². The largest absolute Gasteiger partial charge is 0.325 e. The van der Waals surface area contributed by atoms with Crippen LogP contribution in [0.15, 0.2) is 28.7 Å². The molecule has 1 aromatic rings. The molecule has 1 aliphatic rings. The zero-order valence-electron chi connectivity index (χ0n) is 11.2. The van der Waals surface area contributed by atoms with Gasteiger partial charge in [-0.05, 0) is 24.3 Å². The highest BCUT2D eigenvalue weighted by Gasteiger charge is 2.18. The summed E-state index contributed by atoms with van der Waals surface area (Å²) in [5.41, 5.74) is 0.807. The number of nitrogens with zero attached hydrogens (tertiary/aromatic N) is 3. The van der Waals surface area contributed by atoms with Gasteiger partial charge in [-0.3, -0.25) is 14.6 Å². The first-order valence-corrected chi connectivity index (χ1v) is 7.34. The molecule has 0 unspecified atom stereocenters. The first-order valence-electron chi connectivity index (χ1n) is 6.54. The molecule has 2 rings (SSSR count). The van der Waals surface area contributed by atoms with Crippen LogP contribution in [0.3, 0.4) is 0 Å². The van der Waals surface area contributed by atoms with Gasteiger partial charge in [0, 0.05) is 36.3 Å². The van der Waals surface area contributed by atoms with Crippen molar-refractivity contribution in [3.8, 4) is 6.07 Å². The maximum atomic E-state index is 11.9. The lowest BCUT2D eigenvalue weighted by Gasteiger charge is -2.32. The van der Waals surface area contributed by atoms with Crippen molar-refractivity contribution in [2.45, 2.75) is 0 Å². The molecule has 1 saturated heterocycles. The highest BCUT2D eigenvalue weighted by atomic mass is 79.9.